The highest BCUT2D eigenvalue weighted by Gasteiger charge is 2.31. The minimum Gasteiger partial charge on any atom is -0.506 e. The fraction of sp³-hybridized carbons (Fsp3) is 0.111. The maximum absolute atomic E-state index is 12.5. The highest BCUT2D eigenvalue weighted by Crippen LogP contribution is 2.30. The van der Waals surface area contributed by atoms with Gasteiger partial charge in [-0.15, -0.1) is 24.5 Å². The molecule has 3 rings (SSSR count). The first-order valence-electron chi connectivity index (χ1n) is 8.33. The van der Waals surface area contributed by atoms with E-state index >= 15 is 0 Å². The SMILES string of the molecule is CS(=O)(=O)Nc1cc(NC(=O)c2nc(-c3cccc(OC(F)(F)F)c3)cs2)ccc1O. The number of anilines is 2. The second kappa shape index (κ2) is 8.43. The Bertz CT molecular complexity index is 1230. The van der Waals surface area contributed by atoms with Gasteiger partial charge in [-0.1, -0.05) is 12.1 Å². The Hall–Kier alpha value is -3.32. The van der Waals surface area contributed by atoms with Crippen molar-refractivity contribution in [3.63, 3.8) is 0 Å². The highest BCUT2D eigenvalue weighted by atomic mass is 32.2. The molecule has 164 valence electrons. The van der Waals surface area contributed by atoms with Crippen LogP contribution in [0.5, 0.6) is 11.5 Å². The van der Waals surface area contributed by atoms with Crippen LogP contribution in [0.1, 0.15) is 9.80 Å². The van der Waals surface area contributed by atoms with Crippen molar-refractivity contribution >= 4 is 38.6 Å². The van der Waals surface area contributed by atoms with Gasteiger partial charge in [0.15, 0.2) is 5.01 Å². The molecule has 0 aliphatic carbocycles. The Morgan fingerprint density at radius 2 is 1.94 bits per heavy atom. The number of benzene rings is 2. The Morgan fingerprint density at radius 3 is 2.61 bits per heavy atom. The molecule has 1 amide bonds. The van der Waals surface area contributed by atoms with E-state index in [1.54, 1.807) is 0 Å². The maximum Gasteiger partial charge on any atom is 0.573 e. The molecular weight excluding hydrogens is 459 g/mol. The minimum absolute atomic E-state index is 0.0165. The van der Waals surface area contributed by atoms with Gasteiger partial charge in [-0.05, 0) is 30.3 Å². The van der Waals surface area contributed by atoms with Gasteiger partial charge in [-0.3, -0.25) is 9.52 Å². The van der Waals surface area contributed by atoms with E-state index in [0.717, 1.165) is 29.7 Å². The van der Waals surface area contributed by atoms with E-state index in [1.807, 2.05) is 0 Å². The number of nitrogens with one attached hydrogen (secondary N) is 2. The number of sulfonamides is 1. The zero-order valence-electron chi connectivity index (χ0n) is 15.6. The monoisotopic (exact) mass is 473 g/mol. The number of aromatic hydroxyl groups is 1. The Labute approximate surface area is 178 Å². The number of nitrogens with zero attached hydrogens (tertiary/aromatic N) is 1. The summed E-state index contributed by atoms with van der Waals surface area (Å²) < 4.78 is 65.9. The van der Waals surface area contributed by atoms with Crippen LogP contribution in [0.3, 0.4) is 0 Å². The summed E-state index contributed by atoms with van der Waals surface area (Å²) in [6.07, 6.45) is -3.93. The van der Waals surface area contributed by atoms with E-state index in [4.69, 9.17) is 0 Å². The van der Waals surface area contributed by atoms with E-state index in [0.29, 0.717) is 5.56 Å². The van der Waals surface area contributed by atoms with Gasteiger partial charge in [0.25, 0.3) is 5.91 Å². The number of rotatable bonds is 6. The lowest BCUT2D eigenvalue weighted by Crippen LogP contribution is -2.17. The lowest BCUT2D eigenvalue weighted by Gasteiger charge is -2.09. The molecule has 1 heterocycles. The Kier molecular flexibility index (Phi) is 6.08. The van der Waals surface area contributed by atoms with Crippen LogP contribution >= 0.6 is 11.3 Å². The van der Waals surface area contributed by atoms with Gasteiger partial charge in [0.1, 0.15) is 11.5 Å². The van der Waals surface area contributed by atoms with Crippen LogP contribution < -0.4 is 14.8 Å². The molecule has 2 aromatic carbocycles. The number of carbonyl (C=O) groups is 1. The molecule has 0 fully saturated rings. The van der Waals surface area contributed by atoms with Gasteiger partial charge >= 0.3 is 6.36 Å². The average Bonchev–Trinajstić information content (AvgIpc) is 3.12. The second-order valence-corrected chi connectivity index (χ2v) is 8.78. The topological polar surface area (TPSA) is 118 Å². The number of alkyl halides is 3. The zero-order valence-corrected chi connectivity index (χ0v) is 17.2. The van der Waals surface area contributed by atoms with Crippen LogP contribution in [0.25, 0.3) is 11.3 Å². The van der Waals surface area contributed by atoms with Crippen LogP contribution in [0.2, 0.25) is 0 Å². The molecule has 0 saturated heterocycles. The number of hydrogen-bond donors (Lipinski definition) is 3. The lowest BCUT2D eigenvalue weighted by atomic mass is 10.2. The number of thiazole rings is 1. The smallest absolute Gasteiger partial charge is 0.506 e. The Balaban J connectivity index is 1.77. The van der Waals surface area contributed by atoms with Gasteiger partial charge in [-0.25, -0.2) is 13.4 Å². The third-order valence-corrected chi connectivity index (χ3v) is 5.04. The molecule has 31 heavy (non-hydrogen) atoms. The van der Waals surface area contributed by atoms with Crippen molar-refractivity contribution in [2.75, 3.05) is 16.3 Å². The molecule has 0 aliphatic heterocycles. The average molecular weight is 473 g/mol. The van der Waals surface area contributed by atoms with Crippen LogP contribution in [-0.4, -0.2) is 37.0 Å². The lowest BCUT2D eigenvalue weighted by molar-refractivity contribution is -0.274. The van der Waals surface area contributed by atoms with Crippen molar-refractivity contribution in [2.24, 2.45) is 0 Å². The molecule has 13 heteroatoms. The quantitative estimate of drug-likeness (QED) is 0.368. The van der Waals surface area contributed by atoms with E-state index in [-0.39, 0.29) is 27.8 Å². The summed E-state index contributed by atoms with van der Waals surface area (Å²) in [4.78, 5) is 16.6. The third-order valence-electron chi connectivity index (χ3n) is 3.61. The van der Waals surface area contributed by atoms with E-state index in [1.165, 1.54) is 35.7 Å². The Morgan fingerprint density at radius 1 is 1.19 bits per heavy atom. The van der Waals surface area contributed by atoms with Gasteiger partial charge in [0, 0.05) is 16.6 Å². The summed E-state index contributed by atoms with van der Waals surface area (Å²) in [6, 6.07) is 8.94. The normalized spacial score (nSPS) is 11.7. The molecular formula is C18H14F3N3O5S2. The summed E-state index contributed by atoms with van der Waals surface area (Å²) in [7, 11) is -3.65. The van der Waals surface area contributed by atoms with Crippen molar-refractivity contribution in [2.45, 2.75) is 6.36 Å². The van der Waals surface area contributed by atoms with E-state index in [9.17, 15) is 31.5 Å². The molecule has 1 aromatic heterocycles. The molecule has 0 spiro atoms. The van der Waals surface area contributed by atoms with Crippen LogP contribution in [0.15, 0.2) is 47.8 Å². The van der Waals surface area contributed by atoms with Crippen LogP contribution in [0, 0.1) is 0 Å². The molecule has 0 radical (unpaired) electrons. The fourth-order valence-corrected chi connectivity index (χ4v) is 3.73. The predicted molar refractivity (Wildman–Crippen MR) is 109 cm³/mol. The molecule has 3 aromatic rings. The minimum atomic E-state index is -4.83. The first-order chi connectivity index (χ1) is 14.4. The molecule has 8 nitrogen and oxygen atoms in total. The van der Waals surface area contributed by atoms with Crippen molar-refractivity contribution in [1.82, 2.24) is 4.98 Å². The van der Waals surface area contributed by atoms with Gasteiger partial charge < -0.3 is 15.2 Å². The maximum atomic E-state index is 12.5. The number of halogens is 3. The molecule has 0 unspecified atom stereocenters. The molecule has 0 bridgehead atoms. The van der Waals surface area contributed by atoms with Crippen LogP contribution in [0.4, 0.5) is 24.5 Å². The van der Waals surface area contributed by atoms with Crippen molar-refractivity contribution in [3.8, 4) is 22.8 Å². The van der Waals surface area contributed by atoms with Crippen LogP contribution in [-0.2, 0) is 10.0 Å². The number of hydrogen-bond acceptors (Lipinski definition) is 7. The first-order valence-corrected chi connectivity index (χ1v) is 11.1. The highest BCUT2D eigenvalue weighted by molar-refractivity contribution is 7.92. The number of amides is 1. The molecule has 0 atom stereocenters. The summed E-state index contributed by atoms with van der Waals surface area (Å²) in [6.45, 7) is 0. The summed E-state index contributed by atoms with van der Waals surface area (Å²) in [5.41, 5.74) is 0.655. The standard InChI is InChI=1S/C18H14F3N3O5S2/c1-31(27,28)24-13-8-11(5-6-15(13)25)22-16(26)17-23-14(9-30-17)10-3-2-4-12(7-10)29-18(19,20)21/h2-9,24-25H,1H3,(H,22,26). The van der Waals surface area contributed by atoms with Gasteiger partial charge in [0.2, 0.25) is 10.0 Å². The number of phenolic OH excluding ortho intramolecular Hbond substituents is 1. The summed E-state index contributed by atoms with van der Waals surface area (Å²) in [5.74, 6) is -1.38. The molecule has 3 N–H and O–H groups in total. The number of aromatic nitrogens is 1. The second-order valence-electron chi connectivity index (χ2n) is 6.17. The molecule has 0 aliphatic rings. The zero-order chi connectivity index (χ0) is 22.8. The van der Waals surface area contributed by atoms with E-state index < -0.39 is 28.0 Å². The van der Waals surface area contributed by atoms with E-state index in [2.05, 4.69) is 19.8 Å². The van der Waals surface area contributed by atoms with Crippen molar-refractivity contribution in [1.29, 1.82) is 0 Å². The van der Waals surface area contributed by atoms with Crippen molar-refractivity contribution < 1.29 is 36.2 Å². The largest absolute Gasteiger partial charge is 0.573 e. The van der Waals surface area contributed by atoms with Crippen molar-refractivity contribution in [3.05, 3.63) is 52.9 Å². The summed E-state index contributed by atoms with van der Waals surface area (Å²) >= 11 is 0.961. The van der Waals surface area contributed by atoms with Gasteiger partial charge in [0.05, 0.1) is 17.6 Å². The first kappa shape index (κ1) is 22.4. The van der Waals surface area contributed by atoms with Gasteiger partial charge in [-0.2, -0.15) is 0 Å². The summed E-state index contributed by atoms with van der Waals surface area (Å²) in [5, 5.41) is 13.8. The number of carbonyl (C=O) groups excluding carboxylic acids is 1. The predicted octanol–water partition coefficient (Wildman–Crippen LogP) is 4.04. The molecule has 0 saturated carbocycles. The third kappa shape index (κ3) is 6.33. The number of phenols is 1. The number of ether oxygens (including phenoxy) is 1. The fourth-order valence-electron chi connectivity index (χ4n) is 2.44.